The van der Waals surface area contributed by atoms with E-state index in [4.69, 9.17) is 11.6 Å². The van der Waals surface area contributed by atoms with Crippen LogP contribution >= 0.6 is 11.6 Å². The summed E-state index contributed by atoms with van der Waals surface area (Å²) in [5, 5.41) is 0.722. The summed E-state index contributed by atoms with van der Waals surface area (Å²) >= 11 is 6.32. The molecule has 4 heteroatoms. The highest BCUT2D eigenvalue weighted by Crippen LogP contribution is 2.33. The van der Waals surface area contributed by atoms with Gasteiger partial charge in [-0.25, -0.2) is 0 Å². The molecule has 3 nitrogen and oxygen atoms in total. The van der Waals surface area contributed by atoms with Crippen molar-refractivity contribution in [1.29, 1.82) is 0 Å². The third kappa shape index (κ3) is 4.43. The molecule has 0 bridgehead atoms. The van der Waals surface area contributed by atoms with Crippen molar-refractivity contribution in [2.45, 2.75) is 19.3 Å². The van der Waals surface area contributed by atoms with Crippen LogP contribution in [-0.4, -0.2) is 32.0 Å². The average Bonchev–Trinajstić information content (AvgIpc) is 2.75. The van der Waals surface area contributed by atoms with Crippen LogP contribution in [0.4, 0.5) is 11.4 Å². The van der Waals surface area contributed by atoms with E-state index >= 15 is 0 Å². The highest BCUT2D eigenvalue weighted by atomic mass is 35.5. The van der Waals surface area contributed by atoms with Gasteiger partial charge in [0.25, 0.3) is 0 Å². The zero-order chi connectivity index (χ0) is 21.1. The molecule has 0 N–H and O–H groups in total. The van der Waals surface area contributed by atoms with Gasteiger partial charge in [0.05, 0.1) is 0 Å². The fourth-order valence-electron chi connectivity index (χ4n) is 4.41. The number of carbonyl (C=O) groups excluding carboxylic acids is 1. The predicted octanol–water partition coefficient (Wildman–Crippen LogP) is 5.97. The van der Waals surface area contributed by atoms with Crippen LogP contribution in [0.2, 0.25) is 5.02 Å². The Kier molecular flexibility index (Phi) is 6.21. The smallest absolute Gasteiger partial charge is 0.218 e. The summed E-state index contributed by atoms with van der Waals surface area (Å²) < 4.78 is 0. The molecule has 0 heterocycles. The summed E-state index contributed by atoms with van der Waals surface area (Å²) in [5.41, 5.74) is 6.57. The van der Waals surface area contributed by atoms with E-state index in [2.05, 4.69) is 37.2 Å². The second kappa shape index (κ2) is 9.03. The number of halogens is 1. The number of benzene rings is 3. The van der Waals surface area contributed by atoms with Gasteiger partial charge < -0.3 is 4.90 Å². The monoisotopic (exact) mass is 418 g/mol. The molecule has 4 rings (SSSR count). The highest BCUT2D eigenvalue weighted by molar-refractivity contribution is 6.33. The molecule has 0 fully saturated rings. The molecule has 0 spiro atoms. The van der Waals surface area contributed by atoms with E-state index in [-0.39, 0.29) is 0 Å². The predicted molar refractivity (Wildman–Crippen MR) is 126 cm³/mol. The molecule has 3 aromatic carbocycles. The molecule has 0 saturated heterocycles. The molecular formula is C26H27ClN2O. The summed E-state index contributed by atoms with van der Waals surface area (Å²) in [6, 6.07) is 22.2. The van der Waals surface area contributed by atoms with E-state index in [1.165, 1.54) is 17.5 Å². The molecule has 30 heavy (non-hydrogen) atoms. The lowest BCUT2D eigenvalue weighted by Gasteiger charge is -2.28. The van der Waals surface area contributed by atoms with Crippen LogP contribution in [-0.2, 0) is 17.6 Å². The second-order valence-electron chi connectivity index (χ2n) is 8.33. The Morgan fingerprint density at radius 3 is 2.40 bits per heavy atom. The van der Waals surface area contributed by atoms with E-state index in [1.807, 2.05) is 48.5 Å². The maximum atomic E-state index is 12.0. The fourth-order valence-corrected chi connectivity index (χ4v) is 4.65. The van der Waals surface area contributed by atoms with Crippen molar-refractivity contribution in [3.63, 3.8) is 0 Å². The lowest BCUT2D eigenvalue weighted by molar-refractivity contribution is -0.106. The first-order valence-corrected chi connectivity index (χ1v) is 10.8. The van der Waals surface area contributed by atoms with E-state index in [1.54, 1.807) is 4.90 Å². The topological polar surface area (TPSA) is 23.6 Å². The fraction of sp³-hybridized carbons (Fsp3) is 0.269. The van der Waals surface area contributed by atoms with Gasteiger partial charge in [0.15, 0.2) is 0 Å². The minimum Gasteiger partial charge on any atom is -0.309 e. The average molecular weight is 419 g/mol. The lowest BCUT2D eigenvalue weighted by atomic mass is 9.83. The maximum absolute atomic E-state index is 12.0. The minimum absolute atomic E-state index is 0.706. The van der Waals surface area contributed by atoms with Crippen molar-refractivity contribution in [3.05, 3.63) is 82.9 Å². The van der Waals surface area contributed by atoms with E-state index < -0.39 is 0 Å². The van der Waals surface area contributed by atoms with E-state index in [0.717, 1.165) is 53.3 Å². The minimum atomic E-state index is 0.706. The number of amides is 1. The van der Waals surface area contributed by atoms with Crippen molar-refractivity contribution in [1.82, 2.24) is 4.90 Å². The van der Waals surface area contributed by atoms with Crippen LogP contribution in [0.15, 0.2) is 66.7 Å². The number of hydrogen-bond donors (Lipinski definition) is 0. The third-order valence-corrected chi connectivity index (χ3v) is 6.19. The first-order valence-electron chi connectivity index (χ1n) is 10.4. The maximum Gasteiger partial charge on any atom is 0.218 e. The van der Waals surface area contributed by atoms with Gasteiger partial charge >= 0.3 is 0 Å². The molecule has 0 saturated carbocycles. The van der Waals surface area contributed by atoms with Crippen molar-refractivity contribution < 1.29 is 4.79 Å². The Morgan fingerprint density at radius 2 is 1.70 bits per heavy atom. The molecule has 1 aliphatic rings. The van der Waals surface area contributed by atoms with Crippen LogP contribution in [0, 0.1) is 5.92 Å². The first-order chi connectivity index (χ1) is 14.5. The Balaban J connectivity index is 1.56. The molecule has 1 atom stereocenters. The van der Waals surface area contributed by atoms with E-state index in [0.29, 0.717) is 5.92 Å². The molecule has 1 aliphatic carbocycles. The van der Waals surface area contributed by atoms with Crippen LogP contribution in [0.3, 0.4) is 0 Å². The lowest BCUT2D eigenvalue weighted by Crippen LogP contribution is -2.26. The number of nitrogens with zero attached hydrogens (tertiary/aromatic N) is 2. The Hall–Kier alpha value is -2.62. The van der Waals surface area contributed by atoms with Gasteiger partial charge in [-0.3, -0.25) is 9.69 Å². The van der Waals surface area contributed by atoms with Gasteiger partial charge in [0, 0.05) is 28.5 Å². The molecular weight excluding hydrogens is 392 g/mol. The third-order valence-electron chi connectivity index (χ3n) is 5.86. The summed E-state index contributed by atoms with van der Waals surface area (Å²) in [6.45, 7) is 1.12. The molecule has 0 aliphatic heterocycles. The largest absolute Gasteiger partial charge is 0.309 e. The van der Waals surface area contributed by atoms with Gasteiger partial charge in [-0.15, -0.1) is 0 Å². The zero-order valence-corrected chi connectivity index (χ0v) is 18.3. The Bertz CT molecular complexity index is 1030. The standard InChI is InChI=1S/C26H27ClN2O/c1-28(2)17-19-7-8-22-16-24(14-11-21(22)15-19)29(18-30)23-12-9-20(10-13-23)25-5-3-4-6-26(25)27/h3-6,9-14,16,18-19H,7-8,15,17H2,1-2H3. The highest BCUT2D eigenvalue weighted by Gasteiger charge is 2.20. The van der Waals surface area contributed by atoms with Crippen LogP contribution in [0.1, 0.15) is 17.5 Å². The summed E-state index contributed by atoms with van der Waals surface area (Å²) in [5.74, 6) is 0.706. The Morgan fingerprint density at radius 1 is 0.967 bits per heavy atom. The van der Waals surface area contributed by atoms with Crippen molar-refractivity contribution in [2.24, 2.45) is 5.92 Å². The van der Waals surface area contributed by atoms with Crippen molar-refractivity contribution >= 4 is 29.4 Å². The molecule has 154 valence electrons. The van der Waals surface area contributed by atoms with Crippen LogP contribution < -0.4 is 4.90 Å². The first kappa shape index (κ1) is 20.6. The van der Waals surface area contributed by atoms with Gasteiger partial charge in [0.1, 0.15) is 0 Å². The number of hydrogen-bond acceptors (Lipinski definition) is 2. The number of fused-ring (bicyclic) bond motifs is 1. The molecule has 1 unspecified atom stereocenters. The summed E-state index contributed by atoms with van der Waals surface area (Å²) in [6.07, 6.45) is 4.27. The molecule has 0 aromatic heterocycles. The number of anilines is 2. The zero-order valence-electron chi connectivity index (χ0n) is 17.5. The van der Waals surface area contributed by atoms with Crippen LogP contribution in [0.5, 0.6) is 0 Å². The van der Waals surface area contributed by atoms with E-state index in [9.17, 15) is 4.79 Å². The van der Waals surface area contributed by atoms with Crippen molar-refractivity contribution in [2.75, 3.05) is 25.5 Å². The number of carbonyl (C=O) groups is 1. The van der Waals surface area contributed by atoms with Gasteiger partial charge in [-0.2, -0.15) is 0 Å². The Labute approximate surface area is 183 Å². The SMILES string of the molecule is CN(C)CC1CCc2cc(N(C=O)c3ccc(-c4ccccc4Cl)cc3)ccc2C1. The van der Waals surface area contributed by atoms with Gasteiger partial charge in [0.2, 0.25) is 6.41 Å². The molecule has 3 aromatic rings. The normalized spacial score (nSPS) is 15.7. The summed E-state index contributed by atoms with van der Waals surface area (Å²) in [4.78, 5) is 15.9. The molecule has 0 radical (unpaired) electrons. The molecule has 1 amide bonds. The number of rotatable bonds is 6. The summed E-state index contributed by atoms with van der Waals surface area (Å²) in [7, 11) is 4.27. The van der Waals surface area contributed by atoms with Gasteiger partial charge in [-0.1, -0.05) is 48.0 Å². The van der Waals surface area contributed by atoms with Crippen LogP contribution in [0.25, 0.3) is 11.1 Å². The van der Waals surface area contributed by atoms with Crippen molar-refractivity contribution in [3.8, 4) is 11.1 Å². The number of aryl methyl sites for hydroxylation is 1. The van der Waals surface area contributed by atoms with Gasteiger partial charge in [-0.05, 0) is 86.3 Å². The quantitative estimate of drug-likeness (QED) is 0.460. The second-order valence-corrected chi connectivity index (χ2v) is 8.73.